The summed E-state index contributed by atoms with van der Waals surface area (Å²) in [6, 6.07) is 7.89. The number of ether oxygens (including phenoxy) is 1. The fourth-order valence-electron chi connectivity index (χ4n) is 3.08. The summed E-state index contributed by atoms with van der Waals surface area (Å²) >= 11 is 0. The van der Waals surface area contributed by atoms with Crippen LogP contribution in [0.25, 0.3) is 10.9 Å². The lowest BCUT2D eigenvalue weighted by Crippen LogP contribution is -2.42. The van der Waals surface area contributed by atoms with Crippen LogP contribution < -0.4 is 0 Å². The first kappa shape index (κ1) is 16.9. The van der Waals surface area contributed by atoms with Crippen LogP contribution in [0.3, 0.4) is 0 Å². The maximum absolute atomic E-state index is 12.9. The summed E-state index contributed by atoms with van der Waals surface area (Å²) in [7, 11) is 4.05. The number of hydrogen-bond acceptors (Lipinski definition) is 4. The molecule has 1 atom stereocenters. The molecule has 1 aromatic heterocycles. The van der Waals surface area contributed by atoms with Gasteiger partial charge in [-0.3, -0.25) is 9.89 Å². The lowest BCUT2D eigenvalue weighted by Gasteiger charge is -2.26. The average molecular weight is 330 g/mol. The molecule has 0 aliphatic carbocycles. The number of nitrogens with zero attached hydrogens (tertiary/aromatic N) is 3. The second-order valence-corrected chi connectivity index (χ2v) is 6.67. The second kappa shape index (κ2) is 7.77. The zero-order chi connectivity index (χ0) is 16.9. The predicted molar refractivity (Wildman–Crippen MR) is 93.9 cm³/mol. The Morgan fingerprint density at radius 1 is 1.33 bits per heavy atom. The molecule has 3 rings (SSSR count). The highest BCUT2D eigenvalue weighted by atomic mass is 16.5. The Hall–Kier alpha value is -1.92. The molecule has 0 saturated carbocycles. The van der Waals surface area contributed by atoms with E-state index in [1.807, 2.05) is 43.3 Å². The third kappa shape index (κ3) is 4.13. The SMILES string of the molecule is CN(C)CCN(CC1CCCO1)C(=O)Cc1[nH]nc2ccccc12. The van der Waals surface area contributed by atoms with Gasteiger partial charge in [0, 0.05) is 31.6 Å². The summed E-state index contributed by atoms with van der Waals surface area (Å²) in [5.41, 5.74) is 1.79. The number of para-hydroxylation sites is 1. The van der Waals surface area contributed by atoms with E-state index >= 15 is 0 Å². The largest absolute Gasteiger partial charge is 0.376 e. The minimum absolute atomic E-state index is 0.127. The second-order valence-electron chi connectivity index (χ2n) is 6.67. The first-order valence-electron chi connectivity index (χ1n) is 8.59. The van der Waals surface area contributed by atoms with E-state index in [4.69, 9.17) is 4.74 Å². The minimum atomic E-state index is 0.127. The number of fused-ring (bicyclic) bond motifs is 1. The van der Waals surface area contributed by atoms with Crippen LogP contribution in [0.4, 0.5) is 0 Å². The number of carbonyl (C=O) groups is 1. The molecule has 1 aliphatic rings. The molecule has 130 valence electrons. The predicted octanol–water partition coefficient (Wildman–Crippen LogP) is 1.67. The van der Waals surface area contributed by atoms with Gasteiger partial charge in [-0.2, -0.15) is 5.10 Å². The normalized spacial score (nSPS) is 17.7. The molecule has 1 amide bonds. The van der Waals surface area contributed by atoms with E-state index in [1.54, 1.807) is 0 Å². The van der Waals surface area contributed by atoms with Gasteiger partial charge in [0.1, 0.15) is 0 Å². The van der Waals surface area contributed by atoms with Gasteiger partial charge in [0.25, 0.3) is 0 Å². The summed E-state index contributed by atoms with van der Waals surface area (Å²) in [6.45, 7) is 3.06. The fourth-order valence-corrected chi connectivity index (χ4v) is 3.08. The van der Waals surface area contributed by atoms with Crippen LogP contribution in [0.5, 0.6) is 0 Å². The van der Waals surface area contributed by atoms with E-state index < -0.39 is 0 Å². The molecular formula is C18H26N4O2. The van der Waals surface area contributed by atoms with Crippen molar-refractivity contribution in [3.8, 4) is 0 Å². The van der Waals surface area contributed by atoms with Crippen molar-refractivity contribution < 1.29 is 9.53 Å². The van der Waals surface area contributed by atoms with E-state index in [0.717, 1.165) is 49.1 Å². The number of rotatable bonds is 7. The quantitative estimate of drug-likeness (QED) is 0.839. The summed E-state index contributed by atoms with van der Waals surface area (Å²) < 4.78 is 5.72. The molecule has 1 unspecified atom stereocenters. The van der Waals surface area contributed by atoms with Crippen LogP contribution >= 0.6 is 0 Å². The van der Waals surface area contributed by atoms with Crippen LogP contribution in [-0.2, 0) is 16.0 Å². The van der Waals surface area contributed by atoms with Crippen LogP contribution in [0, 0.1) is 0 Å². The Balaban J connectivity index is 1.69. The molecule has 2 aromatic rings. The molecule has 0 radical (unpaired) electrons. The number of likely N-dealkylation sites (N-methyl/N-ethyl adjacent to an activating group) is 1. The average Bonchev–Trinajstić information content (AvgIpc) is 3.21. The highest BCUT2D eigenvalue weighted by Gasteiger charge is 2.23. The maximum Gasteiger partial charge on any atom is 0.228 e. The van der Waals surface area contributed by atoms with Gasteiger partial charge in [0.2, 0.25) is 5.91 Å². The molecule has 1 aromatic carbocycles. The number of benzene rings is 1. The van der Waals surface area contributed by atoms with Crippen molar-refractivity contribution in [3.63, 3.8) is 0 Å². The monoisotopic (exact) mass is 330 g/mol. The lowest BCUT2D eigenvalue weighted by molar-refractivity contribution is -0.132. The van der Waals surface area contributed by atoms with E-state index in [9.17, 15) is 4.79 Å². The number of hydrogen-bond donors (Lipinski definition) is 1. The van der Waals surface area contributed by atoms with Gasteiger partial charge >= 0.3 is 0 Å². The fraction of sp³-hybridized carbons (Fsp3) is 0.556. The first-order valence-corrected chi connectivity index (χ1v) is 8.59. The molecule has 0 spiro atoms. The van der Waals surface area contributed by atoms with Crippen LogP contribution in [0.1, 0.15) is 18.5 Å². The summed E-state index contributed by atoms with van der Waals surface area (Å²) in [6.07, 6.45) is 2.65. The Morgan fingerprint density at radius 3 is 2.92 bits per heavy atom. The number of amides is 1. The highest BCUT2D eigenvalue weighted by Crippen LogP contribution is 2.18. The molecule has 6 nitrogen and oxygen atoms in total. The molecule has 1 N–H and O–H groups in total. The molecular weight excluding hydrogens is 304 g/mol. The Kier molecular flexibility index (Phi) is 5.48. The standard InChI is InChI=1S/C18H26N4O2/c1-21(2)9-10-22(13-14-6-5-11-24-14)18(23)12-17-15-7-3-4-8-16(15)19-20-17/h3-4,7-8,14H,5-6,9-13H2,1-2H3,(H,19,20). The van der Waals surface area contributed by atoms with Crippen molar-refractivity contribution in [2.75, 3.05) is 40.3 Å². The molecule has 0 bridgehead atoms. The zero-order valence-corrected chi connectivity index (χ0v) is 14.5. The van der Waals surface area contributed by atoms with Crippen molar-refractivity contribution in [1.29, 1.82) is 0 Å². The van der Waals surface area contributed by atoms with Crippen molar-refractivity contribution in [3.05, 3.63) is 30.0 Å². The van der Waals surface area contributed by atoms with Crippen LogP contribution in [-0.4, -0.2) is 72.3 Å². The molecule has 1 fully saturated rings. The molecule has 1 aliphatic heterocycles. The van der Waals surface area contributed by atoms with E-state index in [0.29, 0.717) is 13.0 Å². The van der Waals surface area contributed by atoms with Crippen molar-refractivity contribution in [2.24, 2.45) is 0 Å². The van der Waals surface area contributed by atoms with Crippen molar-refractivity contribution in [2.45, 2.75) is 25.4 Å². The molecule has 24 heavy (non-hydrogen) atoms. The summed E-state index contributed by atoms with van der Waals surface area (Å²) in [5.74, 6) is 0.127. The van der Waals surface area contributed by atoms with E-state index in [-0.39, 0.29) is 12.0 Å². The Morgan fingerprint density at radius 2 is 2.17 bits per heavy atom. The van der Waals surface area contributed by atoms with Crippen molar-refractivity contribution in [1.82, 2.24) is 20.0 Å². The van der Waals surface area contributed by atoms with E-state index in [2.05, 4.69) is 15.1 Å². The topological polar surface area (TPSA) is 61.5 Å². The van der Waals surface area contributed by atoms with Gasteiger partial charge in [0.15, 0.2) is 0 Å². The number of H-pyrrole nitrogens is 1. The molecule has 2 heterocycles. The zero-order valence-electron chi connectivity index (χ0n) is 14.5. The third-order valence-corrected chi connectivity index (χ3v) is 4.49. The smallest absolute Gasteiger partial charge is 0.228 e. The molecule has 1 saturated heterocycles. The summed E-state index contributed by atoms with van der Waals surface area (Å²) in [4.78, 5) is 16.9. The minimum Gasteiger partial charge on any atom is -0.376 e. The summed E-state index contributed by atoms with van der Waals surface area (Å²) in [5, 5.41) is 8.32. The third-order valence-electron chi connectivity index (χ3n) is 4.49. The van der Waals surface area contributed by atoms with Crippen LogP contribution in [0.2, 0.25) is 0 Å². The lowest BCUT2D eigenvalue weighted by atomic mass is 10.1. The van der Waals surface area contributed by atoms with E-state index in [1.165, 1.54) is 0 Å². The number of nitrogens with one attached hydrogen (secondary N) is 1. The van der Waals surface area contributed by atoms with Gasteiger partial charge in [0.05, 0.1) is 23.7 Å². The Labute approximate surface area is 142 Å². The van der Waals surface area contributed by atoms with Gasteiger partial charge in [-0.25, -0.2) is 0 Å². The molecule has 6 heteroatoms. The van der Waals surface area contributed by atoms with Gasteiger partial charge in [-0.1, -0.05) is 18.2 Å². The highest BCUT2D eigenvalue weighted by molar-refractivity contribution is 5.87. The maximum atomic E-state index is 12.9. The first-order chi connectivity index (χ1) is 11.6. The number of carbonyl (C=O) groups excluding carboxylic acids is 1. The van der Waals surface area contributed by atoms with Gasteiger partial charge in [-0.15, -0.1) is 0 Å². The number of aromatic nitrogens is 2. The van der Waals surface area contributed by atoms with Crippen LogP contribution in [0.15, 0.2) is 24.3 Å². The number of aromatic amines is 1. The Bertz CT molecular complexity index is 676. The van der Waals surface area contributed by atoms with Gasteiger partial charge in [-0.05, 0) is 33.0 Å². The van der Waals surface area contributed by atoms with Gasteiger partial charge < -0.3 is 14.5 Å². The van der Waals surface area contributed by atoms with Crippen molar-refractivity contribution >= 4 is 16.8 Å².